The van der Waals surface area contributed by atoms with E-state index < -0.39 is 0 Å². The van der Waals surface area contributed by atoms with E-state index in [0.29, 0.717) is 5.56 Å². The molecular formula is C18H17NO. The summed E-state index contributed by atoms with van der Waals surface area (Å²) in [6, 6.07) is 19.1. The maximum absolute atomic E-state index is 12.1. The molecule has 0 radical (unpaired) electrons. The van der Waals surface area contributed by atoms with Crippen LogP contribution in [0.25, 0.3) is 0 Å². The van der Waals surface area contributed by atoms with Crippen molar-refractivity contribution in [1.29, 1.82) is 0 Å². The fraction of sp³-hybridized carbons (Fsp3) is 0.111. The smallest absolute Gasteiger partial charge is 0.251 e. The first kappa shape index (κ1) is 13.9. The Kier molecular flexibility index (Phi) is 4.94. The summed E-state index contributed by atoms with van der Waals surface area (Å²) >= 11 is 0. The van der Waals surface area contributed by atoms with Gasteiger partial charge in [0.1, 0.15) is 0 Å². The van der Waals surface area contributed by atoms with E-state index >= 15 is 0 Å². The van der Waals surface area contributed by atoms with Gasteiger partial charge in [0.2, 0.25) is 0 Å². The Labute approximate surface area is 119 Å². The summed E-state index contributed by atoms with van der Waals surface area (Å²) in [5, 5.41) is 2.99. The predicted molar refractivity (Wildman–Crippen MR) is 81.6 cm³/mol. The second-order valence-electron chi connectivity index (χ2n) is 4.51. The summed E-state index contributed by atoms with van der Waals surface area (Å²) < 4.78 is 0. The Morgan fingerprint density at radius 3 is 2.30 bits per heavy atom. The van der Waals surface area contributed by atoms with E-state index in [1.807, 2.05) is 48.5 Å². The zero-order chi connectivity index (χ0) is 14.2. The molecule has 0 bridgehead atoms. The van der Waals surface area contributed by atoms with Crippen molar-refractivity contribution in [2.24, 2.45) is 0 Å². The second kappa shape index (κ2) is 7.13. The van der Waals surface area contributed by atoms with Gasteiger partial charge in [-0.2, -0.15) is 0 Å². The number of carbonyl (C=O) groups is 1. The average molecular weight is 263 g/mol. The van der Waals surface area contributed by atoms with Gasteiger partial charge in [0, 0.05) is 5.56 Å². The first-order chi connectivity index (χ1) is 9.79. The van der Waals surface area contributed by atoms with Gasteiger partial charge in [-0.15, -0.1) is 5.73 Å². The van der Waals surface area contributed by atoms with Crippen molar-refractivity contribution in [1.82, 2.24) is 5.32 Å². The van der Waals surface area contributed by atoms with E-state index in [2.05, 4.69) is 17.6 Å². The molecular weight excluding hydrogens is 246 g/mol. The first-order valence-electron chi connectivity index (χ1n) is 6.55. The van der Waals surface area contributed by atoms with E-state index in [-0.39, 0.29) is 11.9 Å². The number of nitrogens with one attached hydrogen (secondary N) is 1. The minimum Gasteiger partial charge on any atom is -0.345 e. The highest BCUT2D eigenvalue weighted by Crippen LogP contribution is 2.06. The van der Waals surface area contributed by atoms with Gasteiger partial charge in [0.05, 0.1) is 6.04 Å². The monoisotopic (exact) mass is 263 g/mol. The molecule has 2 heteroatoms. The molecule has 20 heavy (non-hydrogen) atoms. The lowest BCUT2D eigenvalue weighted by Crippen LogP contribution is -2.34. The molecule has 0 fully saturated rings. The molecule has 0 aliphatic carbocycles. The van der Waals surface area contributed by atoms with Crippen molar-refractivity contribution in [3.8, 4) is 0 Å². The number of rotatable bonds is 5. The number of hydrogen-bond donors (Lipinski definition) is 1. The summed E-state index contributed by atoms with van der Waals surface area (Å²) in [4.78, 5) is 12.1. The Balaban J connectivity index is 2.06. The molecule has 1 amide bonds. The molecule has 0 saturated carbocycles. The van der Waals surface area contributed by atoms with Crippen LogP contribution in [0, 0.1) is 0 Å². The number of carbonyl (C=O) groups excluding carboxylic acids is 1. The highest BCUT2D eigenvalue weighted by Gasteiger charge is 2.11. The molecule has 0 heterocycles. The van der Waals surface area contributed by atoms with Gasteiger partial charge >= 0.3 is 0 Å². The van der Waals surface area contributed by atoms with Crippen molar-refractivity contribution in [2.75, 3.05) is 0 Å². The third-order valence-corrected chi connectivity index (χ3v) is 2.97. The van der Waals surface area contributed by atoms with Crippen LogP contribution >= 0.6 is 0 Å². The van der Waals surface area contributed by atoms with Crippen LogP contribution in [-0.4, -0.2) is 11.9 Å². The molecule has 0 aliphatic heterocycles. The number of amides is 1. The third kappa shape index (κ3) is 3.98. The van der Waals surface area contributed by atoms with E-state index in [1.54, 1.807) is 18.2 Å². The Hall–Kier alpha value is -2.57. The Morgan fingerprint density at radius 2 is 1.70 bits per heavy atom. The summed E-state index contributed by atoms with van der Waals surface area (Å²) in [6.07, 6.45) is 2.51. The second-order valence-corrected chi connectivity index (χ2v) is 4.51. The van der Waals surface area contributed by atoms with Crippen LogP contribution < -0.4 is 5.32 Å². The quantitative estimate of drug-likeness (QED) is 0.823. The molecule has 2 rings (SSSR count). The SMILES string of the molecule is C=C=C[C@H](Cc1ccccc1)NC(=O)c1ccccc1. The van der Waals surface area contributed by atoms with E-state index in [9.17, 15) is 4.79 Å². The zero-order valence-corrected chi connectivity index (χ0v) is 11.3. The zero-order valence-electron chi connectivity index (χ0n) is 11.3. The van der Waals surface area contributed by atoms with Gasteiger partial charge in [-0.1, -0.05) is 55.1 Å². The van der Waals surface area contributed by atoms with Crippen LogP contribution in [0.1, 0.15) is 15.9 Å². The highest BCUT2D eigenvalue weighted by molar-refractivity contribution is 5.94. The normalized spacial score (nSPS) is 11.2. The molecule has 2 nitrogen and oxygen atoms in total. The fourth-order valence-corrected chi connectivity index (χ4v) is 2.00. The lowest BCUT2D eigenvalue weighted by molar-refractivity contribution is 0.0944. The van der Waals surface area contributed by atoms with Crippen LogP contribution in [0.4, 0.5) is 0 Å². The molecule has 0 aromatic heterocycles. The first-order valence-corrected chi connectivity index (χ1v) is 6.55. The summed E-state index contributed by atoms with van der Waals surface area (Å²) in [7, 11) is 0. The fourth-order valence-electron chi connectivity index (χ4n) is 2.00. The molecule has 0 spiro atoms. The summed E-state index contributed by atoms with van der Waals surface area (Å²) in [6.45, 7) is 3.59. The molecule has 2 aromatic rings. The van der Waals surface area contributed by atoms with Crippen LogP contribution in [0.3, 0.4) is 0 Å². The molecule has 2 aromatic carbocycles. The van der Waals surface area contributed by atoms with Crippen molar-refractivity contribution < 1.29 is 4.79 Å². The molecule has 1 N–H and O–H groups in total. The average Bonchev–Trinajstić information content (AvgIpc) is 2.49. The minimum absolute atomic E-state index is 0.0852. The van der Waals surface area contributed by atoms with Crippen molar-refractivity contribution in [3.05, 3.63) is 90.2 Å². The topological polar surface area (TPSA) is 29.1 Å². The van der Waals surface area contributed by atoms with Gasteiger partial charge in [-0.25, -0.2) is 0 Å². The van der Waals surface area contributed by atoms with Gasteiger partial charge in [-0.3, -0.25) is 4.79 Å². The van der Waals surface area contributed by atoms with Gasteiger partial charge in [0.15, 0.2) is 0 Å². The third-order valence-electron chi connectivity index (χ3n) is 2.97. The predicted octanol–water partition coefficient (Wildman–Crippen LogP) is 3.37. The van der Waals surface area contributed by atoms with Gasteiger partial charge in [-0.05, 0) is 30.2 Å². The van der Waals surface area contributed by atoms with Crippen LogP contribution in [0.2, 0.25) is 0 Å². The minimum atomic E-state index is -0.109. The van der Waals surface area contributed by atoms with Crippen molar-refractivity contribution in [2.45, 2.75) is 12.5 Å². The molecule has 0 aliphatic rings. The van der Waals surface area contributed by atoms with Gasteiger partial charge < -0.3 is 5.32 Å². The summed E-state index contributed by atoms with van der Waals surface area (Å²) in [5.41, 5.74) is 4.57. The van der Waals surface area contributed by atoms with Crippen molar-refractivity contribution in [3.63, 3.8) is 0 Å². The Bertz CT molecular complexity index is 598. The van der Waals surface area contributed by atoms with E-state index in [1.165, 1.54) is 0 Å². The maximum atomic E-state index is 12.1. The standard InChI is InChI=1S/C18H17NO/c1-2-9-17(14-15-10-5-3-6-11-15)19-18(20)16-12-7-4-8-13-16/h3-13,17H,1,14H2,(H,19,20)/t17-/m1/s1. The lowest BCUT2D eigenvalue weighted by Gasteiger charge is -2.14. The molecule has 0 saturated heterocycles. The Morgan fingerprint density at radius 1 is 1.10 bits per heavy atom. The van der Waals surface area contributed by atoms with Crippen LogP contribution in [-0.2, 0) is 6.42 Å². The highest BCUT2D eigenvalue weighted by atomic mass is 16.1. The van der Waals surface area contributed by atoms with E-state index in [0.717, 1.165) is 12.0 Å². The van der Waals surface area contributed by atoms with E-state index in [4.69, 9.17) is 0 Å². The summed E-state index contributed by atoms with van der Waals surface area (Å²) in [5.74, 6) is -0.0852. The van der Waals surface area contributed by atoms with Gasteiger partial charge in [0.25, 0.3) is 5.91 Å². The largest absolute Gasteiger partial charge is 0.345 e. The molecule has 100 valence electrons. The molecule has 0 unspecified atom stereocenters. The van der Waals surface area contributed by atoms with Crippen molar-refractivity contribution >= 4 is 5.91 Å². The number of benzene rings is 2. The lowest BCUT2D eigenvalue weighted by atomic mass is 10.1. The maximum Gasteiger partial charge on any atom is 0.251 e. The van der Waals surface area contributed by atoms with Crippen LogP contribution in [0.5, 0.6) is 0 Å². The van der Waals surface area contributed by atoms with Crippen LogP contribution in [0.15, 0.2) is 79.0 Å². The molecule has 1 atom stereocenters. The number of hydrogen-bond acceptors (Lipinski definition) is 1.